The number of carbonyl (C=O) groups is 2. The minimum absolute atomic E-state index is 0.0141. The number of esters is 1. The molecular weight excluding hydrogens is 366 g/mol. The molecule has 0 bridgehead atoms. The first kappa shape index (κ1) is 20.7. The normalized spacial score (nSPS) is 11.3. The molecule has 0 saturated heterocycles. The number of nitrogens with zero attached hydrogens (tertiary/aromatic N) is 3. The largest absolute Gasteiger partial charge is 0.457 e. The van der Waals surface area contributed by atoms with E-state index in [9.17, 15) is 9.59 Å². The third-order valence-corrected chi connectivity index (χ3v) is 5.30. The first-order valence-electron chi connectivity index (χ1n) is 9.74. The van der Waals surface area contributed by atoms with Crippen LogP contribution in [0.5, 0.6) is 0 Å². The average Bonchev–Trinajstić information content (AvgIpc) is 3.02. The summed E-state index contributed by atoms with van der Waals surface area (Å²) in [6.45, 7) is 13.3. The van der Waals surface area contributed by atoms with Crippen molar-refractivity contribution in [2.75, 3.05) is 0 Å². The Bertz CT molecular complexity index is 1130. The van der Waals surface area contributed by atoms with Crippen molar-refractivity contribution < 1.29 is 14.3 Å². The van der Waals surface area contributed by atoms with Crippen LogP contribution in [-0.4, -0.2) is 26.5 Å². The van der Waals surface area contributed by atoms with Crippen LogP contribution in [0.25, 0.3) is 11.0 Å². The third kappa shape index (κ3) is 3.79. The van der Waals surface area contributed by atoms with Crippen LogP contribution in [0.15, 0.2) is 18.3 Å². The maximum atomic E-state index is 12.8. The van der Waals surface area contributed by atoms with Gasteiger partial charge in [0.25, 0.3) is 0 Å². The summed E-state index contributed by atoms with van der Waals surface area (Å²) in [5, 5.41) is 5.16. The summed E-state index contributed by atoms with van der Waals surface area (Å²) in [5.41, 5.74) is 6.16. The standard InChI is InChI=1S/C23H27N3O3/c1-12(2)26-22-18(10-24-26)9-19(16(6)25-22)23(28)29-11-20-13(3)8-14(4)21(15(20)5)17(7)27/h8-10,12H,11H2,1-7H3. The van der Waals surface area contributed by atoms with Crippen LogP contribution < -0.4 is 0 Å². The lowest BCUT2D eigenvalue weighted by atomic mass is 9.92. The first-order valence-corrected chi connectivity index (χ1v) is 9.74. The van der Waals surface area contributed by atoms with E-state index < -0.39 is 5.97 Å². The highest BCUT2D eigenvalue weighted by Crippen LogP contribution is 2.25. The Morgan fingerprint density at radius 1 is 1.10 bits per heavy atom. The van der Waals surface area contributed by atoms with E-state index in [2.05, 4.69) is 10.1 Å². The molecule has 0 fully saturated rings. The van der Waals surface area contributed by atoms with Gasteiger partial charge in [0, 0.05) is 17.0 Å². The highest BCUT2D eigenvalue weighted by atomic mass is 16.5. The molecule has 0 aliphatic heterocycles. The van der Waals surface area contributed by atoms with E-state index in [-0.39, 0.29) is 18.4 Å². The second kappa shape index (κ2) is 7.78. The molecule has 152 valence electrons. The molecule has 2 aromatic heterocycles. The van der Waals surface area contributed by atoms with Crippen LogP contribution in [0.1, 0.15) is 75.5 Å². The van der Waals surface area contributed by atoms with E-state index in [4.69, 9.17) is 4.74 Å². The molecule has 6 heteroatoms. The number of carbonyl (C=O) groups excluding carboxylic acids is 2. The molecule has 6 nitrogen and oxygen atoms in total. The highest BCUT2D eigenvalue weighted by Gasteiger charge is 2.19. The molecule has 1 aromatic carbocycles. The number of Topliss-reactive ketones (excluding diaryl/α,β-unsaturated/α-hetero) is 1. The molecule has 0 unspecified atom stereocenters. The topological polar surface area (TPSA) is 74.1 Å². The van der Waals surface area contributed by atoms with Gasteiger partial charge in [-0.3, -0.25) is 4.79 Å². The summed E-state index contributed by atoms with van der Waals surface area (Å²) >= 11 is 0. The summed E-state index contributed by atoms with van der Waals surface area (Å²) in [7, 11) is 0. The quantitative estimate of drug-likeness (QED) is 0.459. The number of benzene rings is 1. The molecule has 0 atom stereocenters. The lowest BCUT2D eigenvalue weighted by molar-refractivity contribution is 0.0470. The predicted octanol–water partition coefficient (Wildman–Crippen LogP) is 4.81. The maximum Gasteiger partial charge on any atom is 0.340 e. The molecule has 0 aliphatic rings. The van der Waals surface area contributed by atoms with Gasteiger partial charge in [-0.15, -0.1) is 0 Å². The van der Waals surface area contributed by atoms with E-state index in [1.165, 1.54) is 0 Å². The Morgan fingerprint density at radius 2 is 1.79 bits per heavy atom. The number of ether oxygens (including phenoxy) is 1. The number of aryl methyl sites for hydroxylation is 3. The van der Waals surface area contributed by atoms with Crippen LogP contribution in [0, 0.1) is 27.7 Å². The lowest BCUT2D eigenvalue weighted by Gasteiger charge is -2.16. The summed E-state index contributed by atoms with van der Waals surface area (Å²) in [6, 6.07) is 3.92. The van der Waals surface area contributed by atoms with Crippen molar-refractivity contribution in [1.29, 1.82) is 0 Å². The molecular formula is C23H27N3O3. The molecule has 0 aliphatic carbocycles. The van der Waals surface area contributed by atoms with Crippen molar-refractivity contribution in [1.82, 2.24) is 14.8 Å². The fraction of sp³-hybridized carbons (Fsp3) is 0.391. The molecule has 0 spiro atoms. The van der Waals surface area contributed by atoms with Crippen molar-refractivity contribution in [3.05, 3.63) is 57.4 Å². The molecule has 2 heterocycles. The first-order chi connectivity index (χ1) is 13.6. The van der Waals surface area contributed by atoms with E-state index >= 15 is 0 Å². The Kier molecular flexibility index (Phi) is 5.55. The van der Waals surface area contributed by atoms with Crippen molar-refractivity contribution in [3.63, 3.8) is 0 Å². The molecule has 0 radical (unpaired) electrons. The van der Waals surface area contributed by atoms with Gasteiger partial charge < -0.3 is 4.74 Å². The van der Waals surface area contributed by atoms with E-state index in [0.717, 1.165) is 33.3 Å². The van der Waals surface area contributed by atoms with Gasteiger partial charge in [0.15, 0.2) is 11.4 Å². The fourth-order valence-electron chi connectivity index (χ4n) is 3.86. The average molecular weight is 393 g/mol. The minimum atomic E-state index is -0.432. The van der Waals surface area contributed by atoms with Crippen LogP contribution in [0.2, 0.25) is 0 Å². The zero-order valence-corrected chi connectivity index (χ0v) is 18.1. The zero-order valence-electron chi connectivity index (χ0n) is 18.1. The predicted molar refractivity (Wildman–Crippen MR) is 112 cm³/mol. The SMILES string of the molecule is CC(=O)c1c(C)cc(C)c(COC(=O)c2cc3cnn(C(C)C)c3nc2C)c1C. The highest BCUT2D eigenvalue weighted by molar-refractivity contribution is 5.97. The van der Waals surface area contributed by atoms with Gasteiger partial charge in [-0.2, -0.15) is 5.10 Å². The van der Waals surface area contributed by atoms with Crippen molar-refractivity contribution in [2.45, 2.75) is 61.1 Å². The summed E-state index contributed by atoms with van der Waals surface area (Å²) < 4.78 is 7.45. The Balaban J connectivity index is 1.89. The van der Waals surface area contributed by atoms with Gasteiger partial charge in [-0.05, 0) is 76.8 Å². The van der Waals surface area contributed by atoms with Crippen molar-refractivity contribution >= 4 is 22.8 Å². The smallest absolute Gasteiger partial charge is 0.340 e. The van der Waals surface area contributed by atoms with Crippen LogP contribution in [-0.2, 0) is 11.3 Å². The minimum Gasteiger partial charge on any atom is -0.457 e. The van der Waals surface area contributed by atoms with Gasteiger partial charge in [-0.1, -0.05) is 6.07 Å². The van der Waals surface area contributed by atoms with E-state index in [1.807, 2.05) is 45.4 Å². The fourth-order valence-corrected chi connectivity index (χ4v) is 3.86. The molecule has 29 heavy (non-hydrogen) atoms. The Labute approximate surface area is 170 Å². The van der Waals surface area contributed by atoms with E-state index in [1.54, 1.807) is 26.1 Å². The molecule has 0 N–H and O–H groups in total. The van der Waals surface area contributed by atoms with Gasteiger partial charge in [0.2, 0.25) is 0 Å². The summed E-state index contributed by atoms with van der Waals surface area (Å²) in [6.07, 6.45) is 1.71. The second-order valence-corrected chi connectivity index (χ2v) is 7.84. The van der Waals surface area contributed by atoms with Crippen LogP contribution in [0.3, 0.4) is 0 Å². The third-order valence-electron chi connectivity index (χ3n) is 5.30. The van der Waals surface area contributed by atoms with Gasteiger partial charge >= 0.3 is 5.97 Å². The number of hydrogen-bond donors (Lipinski definition) is 0. The van der Waals surface area contributed by atoms with Crippen molar-refractivity contribution in [3.8, 4) is 0 Å². The number of rotatable bonds is 5. The number of aromatic nitrogens is 3. The number of hydrogen-bond acceptors (Lipinski definition) is 5. The Hall–Kier alpha value is -3.02. The number of fused-ring (bicyclic) bond motifs is 1. The van der Waals surface area contributed by atoms with Gasteiger partial charge in [0.1, 0.15) is 6.61 Å². The van der Waals surface area contributed by atoms with Crippen LogP contribution >= 0.6 is 0 Å². The van der Waals surface area contributed by atoms with E-state index in [0.29, 0.717) is 16.8 Å². The van der Waals surface area contributed by atoms with Crippen molar-refractivity contribution in [2.24, 2.45) is 0 Å². The number of ketones is 1. The maximum absolute atomic E-state index is 12.8. The lowest BCUT2D eigenvalue weighted by Crippen LogP contribution is -2.12. The molecule has 3 rings (SSSR count). The number of pyridine rings is 1. The van der Waals surface area contributed by atoms with Gasteiger partial charge in [-0.25, -0.2) is 14.5 Å². The van der Waals surface area contributed by atoms with Gasteiger partial charge in [0.05, 0.1) is 17.5 Å². The van der Waals surface area contributed by atoms with Crippen LogP contribution in [0.4, 0.5) is 0 Å². The summed E-state index contributed by atoms with van der Waals surface area (Å²) in [4.78, 5) is 29.4. The Morgan fingerprint density at radius 3 is 2.41 bits per heavy atom. The zero-order chi connectivity index (χ0) is 21.5. The molecule has 0 amide bonds. The second-order valence-electron chi connectivity index (χ2n) is 7.84. The molecule has 0 saturated carbocycles. The molecule has 3 aromatic rings. The summed E-state index contributed by atoms with van der Waals surface area (Å²) in [5.74, 6) is -0.418. The monoisotopic (exact) mass is 393 g/mol.